The molecule has 2 aromatic rings. The van der Waals surface area contributed by atoms with E-state index in [0.717, 1.165) is 16.6 Å². The maximum absolute atomic E-state index is 10.1. The first-order valence-corrected chi connectivity index (χ1v) is 5.12. The monoisotopic (exact) mass is 239 g/mol. The molecule has 0 saturated heterocycles. The number of halogens is 2. The van der Waals surface area contributed by atoms with Gasteiger partial charge in [0.25, 0.3) is 0 Å². The first-order valence-electron chi connectivity index (χ1n) is 4.36. The van der Waals surface area contributed by atoms with Crippen molar-refractivity contribution in [3.05, 3.63) is 40.0 Å². The van der Waals surface area contributed by atoms with Crippen LogP contribution in [-0.4, -0.2) is 10.9 Å². The molecule has 1 N–H and O–H groups in total. The minimum Gasteiger partial charge on any atom is -0.358 e. The van der Waals surface area contributed by atoms with Crippen LogP contribution in [0, 0.1) is 0 Å². The van der Waals surface area contributed by atoms with Gasteiger partial charge in [0.2, 0.25) is 0 Å². The van der Waals surface area contributed by atoms with E-state index >= 15 is 0 Å². The highest BCUT2D eigenvalue weighted by atomic mass is 35.5. The van der Waals surface area contributed by atoms with Crippen LogP contribution in [0.15, 0.2) is 24.3 Å². The molecule has 1 aromatic heterocycles. The molecule has 0 unspecified atom stereocenters. The molecule has 0 radical (unpaired) electrons. The Labute approximate surface area is 96.5 Å². The highest BCUT2D eigenvalue weighted by Gasteiger charge is 2.04. The Balaban J connectivity index is 2.51. The highest BCUT2D eigenvalue weighted by molar-refractivity contribution is 6.42. The molecule has 76 valence electrons. The number of nitrogens with one attached hydrogen (secondary N) is 1. The molecule has 4 heteroatoms. The fourth-order valence-corrected chi connectivity index (χ4v) is 1.78. The quantitative estimate of drug-likeness (QED) is 0.801. The van der Waals surface area contributed by atoms with Crippen LogP contribution in [0.1, 0.15) is 5.69 Å². The van der Waals surface area contributed by atoms with E-state index in [9.17, 15) is 4.79 Å². The SMILES string of the molecule is O=C=CCc1cc2cc(Cl)c(Cl)cc2[nH]1. The number of carbonyl (C=O) groups excluding carboxylic acids is 1. The Morgan fingerprint density at radius 1 is 1.27 bits per heavy atom. The van der Waals surface area contributed by atoms with Crippen molar-refractivity contribution in [3.63, 3.8) is 0 Å². The molecule has 0 aliphatic carbocycles. The number of rotatable bonds is 2. The lowest BCUT2D eigenvalue weighted by molar-refractivity contribution is 0.568. The fraction of sp³-hybridized carbons (Fsp3) is 0.0909. The first kappa shape index (κ1) is 10.3. The zero-order valence-corrected chi connectivity index (χ0v) is 9.19. The van der Waals surface area contributed by atoms with Crippen molar-refractivity contribution in [1.82, 2.24) is 4.98 Å². The van der Waals surface area contributed by atoms with E-state index in [1.54, 1.807) is 18.1 Å². The van der Waals surface area contributed by atoms with Gasteiger partial charge in [0.1, 0.15) is 5.94 Å². The molecule has 0 aliphatic heterocycles. The number of hydrogen-bond donors (Lipinski definition) is 1. The Morgan fingerprint density at radius 3 is 2.73 bits per heavy atom. The Hall–Kier alpha value is -1.21. The summed E-state index contributed by atoms with van der Waals surface area (Å²) >= 11 is 11.8. The minimum atomic E-state index is 0.517. The summed E-state index contributed by atoms with van der Waals surface area (Å²) < 4.78 is 0. The summed E-state index contributed by atoms with van der Waals surface area (Å²) in [7, 11) is 0. The molecule has 0 amide bonds. The highest BCUT2D eigenvalue weighted by Crippen LogP contribution is 2.28. The lowest BCUT2D eigenvalue weighted by Crippen LogP contribution is -1.78. The predicted molar refractivity (Wildman–Crippen MR) is 62.3 cm³/mol. The summed E-state index contributed by atoms with van der Waals surface area (Å²) in [4.78, 5) is 13.2. The van der Waals surface area contributed by atoms with Crippen LogP contribution in [0.4, 0.5) is 0 Å². The van der Waals surface area contributed by atoms with E-state index in [1.165, 1.54) is 6.08 Å². The molecule has 1 heterocycles. The van der Waals surface area contributed by atoms with Crippen LogP contribution in [0.3, 0.4) is 0 Å². The molecule has 0 bridgehead atoms. The number of H-pyrrole nitrogens is 1. The number of allylic oxidation sites excluding steroid dienone is 1. The van der Waals surface area contributed by atoms with E-state index in [-0.39, 0.29) is 0 Å². The maximum atomic E-state index is 10.1. The fourth-order valence-electron chi connectivity index (χ4n) is 1.45. The summed E-state index contributed by atoms with van der Waals surface area (Å²) in [6, 6.07) is 5.50. The first-order chi connectivity index (χ1) is 7.20. The third-order valence-corrected chi connectivity index (χ3v) is 2.84. The van der Waals surface area contributed by atoms with Gasteiger partial charge in [-0.05, 0) is 18.2 Å². The second-order valence-electron chi connectivity index (χ2n) is 3.17. The lowest BCUT2D eigenvalue weighted by atomic mass is 10.2. The maximum Gasteiger partial charge on any atom is 0.120 e. The standard InChI is InChI=1S/C11H7Cl2NO/c12-9-5-7-4-8(2-1-3-15)14-11(7)6-10(9)13/h1,4-6,14H,2H2. The van der Waals surface area contributed by atoms with Crippen molar-refractivity contribution in [3.8, 4) is 0 Å². The summed E-state index contributed by atoms with van der Waals surface area (Å²) in [5.41, 5.74) is 1.85. The lowest BCUT2D eigenvalue weighted by Gasteiger charge is -1.94. The van der Waals surface area contributed by atoms with Crippen LogP contribution in [0.25, 0.3) is 10.9 Å². The number of aromatic amines is 1. The van der Waals surface area contributed by atoms with Gasteiger partial charge in [0.05, 0.1) is 10.0 Å². The zero-order chi connectivity index (χ0) is 10.8. The molecule has 1 aromatic carbocycles. The van der Waals surface area contributed by atoms with Crippen molar-refractivity contribution in [2.75, 3.05) is 0 Å². The molecule has 0 spiro atoms. The van der Waals surface area contributed by atoms with E-state index in [0.29, 0.717) is 16.5 Å². The molecular weight excluding hydrogens is 233 g/mol. The van der Waals surface area contributed by atoms with Crippen molar-refractivity contribution < 1.29 is 4.79 Å². The van der Waals surface area contributed by atoms with E-state index < -0.39 is 0 Å². The van der Waals surface area contributed by atoms with E-state index in [2.05, 4.69) is 4.98 Å². The van der Waals surface area contributed by atoms with Crippen molar-refractivity contribution >= 4 is 40.0 Å². The summed E-state index contributed by atoms with van der Waals surface area (Å²) in [6.07, 6.45) is 1.96. The van der Waals surface area contributed by atoms with E-state index in [1.807, 2.05) is 6.07 Å². The predicted octanol–water partition coefficient (Wildman–Crippen LogP) is 3.41. The van der Waals surface area contributed by atoms with Gasteiger partial charge in [0.15, 0.2) is 0 Å². The van der Waals surface area contributed by atoms with Gasteiger partial charge in [0, 0.05) is 29.1 Å². The van der Waals surface area contributed by atoms with Gasteiger partial charge in [-0.15, -0.1) is 0 Å². The normalized spacial score (nSPS) is 10.3. The number of aromatic nitrogens is 1. The molecule has 0 fully saturated rings. The Bertz CT molecular complexity index is 514. The summed E-state index contributed by atoms with van der Waals surface area (Å²) in [6.45, 7) is 0. The molecule has 2 rings (SSSR count). The summed E-state index contributed by atoms with van der Waals surface area (Å²) in [5.74, 6) is 1.74. The minimum absolute atomic E-state index is 0.517. The second kappa shape index (κ2) is 4.11. The van der Waals surface area contributed by atoms with Gasteiger partial charge in [-0.25, -0.2) is 4.79 Å². The Kier molecular flexibility index (Phi) is 2.83. The molecule has 0 saturated carbocycles. The largest absolute Gasteiger partial charge is 0.358 e. The smallest absolute Gasteiger partial charge is 0.120 e. The molecule has 0 atom stereocenters. The van der Waals surface area contributed by atoms with Crippen molar-refractivity contribution in [2.24, 2.45) is 0 Å². The topological polar surface area (TPSA) is 32.9 Å². The molecule has 2 nitrogen and oxygen atoms in total. The van der Waals surface area contributed by atoms with Gasteiger partial charge in [-0.1, -0.05) is 23.2 Å². The average Bonchev–Trinajstić information content (AvgIpc) is 2.58. The van der Waals surface area contributed by atoms with Crippen LogP contribution in [-0.2, 0) is 11.2 Å². The van der Waals surface area contributed by atoms with Crippen molar-refractivity contribution in [1.29, 1.82) is 0 Å². The number of hydrogen-bond acceptors (Lipinski definition) is 1. The van der Waals surface area contributed by atoms with Crippen molar-refractivity contribution in [2.45, 2.75) is 6.42 Å². The van der Waals surface area contributed by atoms with Crippen LogP contribution >= 0.6 is 23.2 Å². The van der Waals surface area contributed by atoms with Gasteiger partial charge in [-0.2, -0.15) is 0 Å². The van der Waals surface area contributed by atoms with E-state index in [4.69, 9.17) is 23.2 Å². The number of fused-ring (bicyclic) bond motifs is 1. The summed E-state index contributed by atoms with van der Waals surface area (Å²) in [5, 5.41) is 2.03. The second-order valence-corrected chi connectivity index (χ2v) is 3.99. The zero-order valence-electron chi connectivity index (χ0n) is 7.68. The van der Waals surface area contributed by atoms with Crippen LogP contribution in [0.2, 0.25) is 10.0 Å². The van der Waals surface area contributed by atoms with Crippen LogP contribution < -0.4 is 0 Å². The van der Waals surface area contributed by atoms with Crippen LogP contribution in [0.5, 0.6) is 0 Å². The third-order valence-electron chi connectivity index (χ3n) is 2.12. The number of benzene rings is 1. The average molecular weight is 240 g/mol. The molecule has 0 aliphatic rings. The molecule has 15 heavy (non-hydrogen) atoms. The van der Waals surface area contributed by atoms with Gasteiger partial charge >= 0.3 is 0 Å². The van der Waals surface area contributed by atoms with Gasteiger partial charge in [-0.3, -0.25) is 0 Å². The van der Waals surface area contributed by atoms with Gasteiger partial charge < -0.3 is 4.98 Å². The Morgan fingerprint density at radius 2 is 2.00 bits per heavy atom. The third kappa shape index (κ3) is 2.07. The molecular formula is C11H7Cl2NO.